The van der Waals surface area contributed by atoms with Crippen LogP contribution in [0.4, 0.5) is 0 Å². The second-order valence-electron chi connectivity index (χ2n) is 3.16. The molecule has 13 heavy (non-hydrogen) atoms. The Balaban J connectivity index is 2.61. The maximum absolute atomic E-state index is 10.6. The number of nitrogens with zero attached hydrogens (tertiary/aromatic N) is 2. The van der Waals surface area contributed by atoms with Crippen LogP contribution < -0.4 is 5.73 Å². The van der Waals surface area contributed by atoms with E-state index in [0.717, 1.165) is 0 Å². The monoisotopic (exact) mass is 180 g/mol. The zero-order chi connectivity index (χ0) is 9.84. The van der Waals surface area contributed by atoms with Gasteiger partial charge in [0.2, 0.25) is 5.91 Å². The molecule has 0 aromatic rings. The maximum atomic E-state index is 10.6. The summed E-state index contributed by atoms with van der Waals surface area (Å²) in [6.45, 7) is 0.460. The second-order valence-corrected chi connectivity index (χ2v) is 3.16. The summed E-state index contributed by atoms with van der Waals surface area (Å²) in [6, 6.07) is 1.84. The fourth-order valence-electron chi connectivity index (χ4n) is 1.44. The minimum atomic E-state index is -0.449. The summed E-state index contributed by atoms with van der Waals surface area (Å²) in [4.78, 5) is 12.3. The van der Waals surface area contributed by atoms with E-state index >= 15 is 0 Å². The van der Waals surface area contributed by atoms with Crippen molar-refractivity contribution in [1.29, 1.82) is 10.7 Å². The summed E-state index contributed by atoms with van der Waals surface area (Å²) in [7, 11) is 0. The van der Waals surface area contributed by atoms with Gasteiger partial charge in [0, 0.05) is 12.3 Å². The number of nitrogens with two attached hydrogens (primary N) is 1. The standard InChI is InChI=1S/C8H12N4O/c9-3-7-2-1-6(10)4-12(7)5-8(11)13/h7,10H,1-2,4-5H2,(H2,11,13). The number of amides is 1. The Kier molecular flexibility index (Phi) is 2.98. The molecule has 1 fully saturated rings. The van der Waals surface area contributed by atoms with Gasteiger partial charge >= 0.3 is 0 Å². The van der Waals surface area contributed by atoms with Crippen molar-refractivity contribution < 1.29 is 4.79 Å². The highest BCUT2D eigenvalue weighted by atomic mass is 16.1. The van der Waals surface area contributed by atoms with E-state index in [1.807, 2.05) is 0 Å². The molecule has 1 atom stereocenters. The molecule has 1 unspecified atom stereocenters. The molecule has 0 saturated carbocycles. The molecule has 0 aromatic heterocycles. The first-order valence-corrected chi connectivity index (χ1v) is 4.11. The normalized spacial score (nSPS) is 23.9. The number of nitrogens with one attached hydrogen (secondary N) is 1. The van der Waals surface area contributed by atoms with Crippen molar-refractivity contribution >= 4 is 11.6 Å². The van der Waals surface area contributed by atoms with Gasteiger partial charge in [-0.15, -0.1) is 0 Å². The molecule has 0 aliphatic carbocycles. The van der Waals surface area contributed by atoms with Gasteiger partial charge < -0.3 is 11.1 Å². The Labute approximate surface area is 76.6 Å². The molecule has 0 radical (unpaired) electrons. The van der Waals surface area contributed by atoms with Crippen LogP contribution in [0.2, 0.25) is 0 Å². The van der Waals surface area contributed by atoms with E-state index in [1.54, 1.807) is 4.90 Å². The molecule has 3 N–H and O–H groups in total. The van der Waals surface area contributed by atoms with Crippen molar-refractivity contribution in [2.45, 2.75) is 18.9 Å². The summed E-state index contributed by atoms with van der Waals surface area (Å²) < 4.78 is 0. The van der Waals surface area contributed by atoms with Gasteiger partial charge in [0.15, 0.2) is 0 Å². The smallest absolute Gasteiger partial charge is 0.231 e. The van der Waals surface area contributed by atoms with Gasteiger partial charge in [-0.1, -0.05) is 0 Å². The van der Waals surface area contributed by atoms with Crippen LogP contribution in [0.3, 0.4) is 0 Å². The maximum Gasteiger partial charge on any atom is 0.231 e. The van der Waals surface area contributed by atoms with E-state index < -0.39 is 5.91 Å². The molecule has 0 bridgehead atoms. The molecule has 1 aliphatic rings. The minimum absolute atomic E-state index is 0.0700. The Bertz CT molecular complexity index is 266. The van der Waals surface area contributed by atoms with Crippen molar-refractivity contribution in [1.82, 2.24) is 4.90 Å². The van der Waals surface area contributed by atoms with Crippen molar-refractivity contribution in [2.24, 2.45) is 5.73 Å². The van der Waals surface area contributed by atoms with E-state index in [-0.39, 0.29) is 12.6 Å². The first-order chi connectivity index (χ1) is 6.13. The number of primary amides is 1. The number of carbonyl (C=O) groups is 1. The average Bonchev–Trinajstić information content (AvgIpc) is 2.03. The Morgan fingerprint density at radius 2 is 2.54 bits per heavy atom. The number of hydrogen-bond acceptors (Lipinski definition) is 4. The SMILES string of the molecule is N#CC1CCC(=N)CN1CC(N)=O. The van der Waals surface area contributed by atoms with E-state index in [0.29, 0.717) is 25.1 Å². The van der Waals surface area contributed by atoms with Crippen LogP contribution in [-0.2, 0) is 4.79 Å². The zero-order valence-corrected chi connectivity index (χ0v) is 7.29. The van der Waals surface area contributed by atoms with Gasteiger partial charge in [0.1, 0.15) is 0 Å². The van der Waals surface area contributed by atoms with Crippen LogP contribution in [0.15, 0.2) is 0 Å². The summed E-state index contributed by atoms with van der Waals surface area (Å²) in [5, 5.41) is 16.2. The van der Waals surface area contributed by atoms with Crippen molar-refractivity contribution in [2.75, 3.05) is 13.1 Å². The van der Waals surface area contributed by atoms with E-state index in [9.17, 15) is 4.79 Å². The van der Waals surface area contributed by atoms with Crippen LogP contribution in [0, 0.1) is 16.7 Å². The molecule has 1 heterocycles. The van der Waals surface area contributed by atoms with E-state index in [1.165, 1.54) is 0 Å². The number of piperidine rings is 1. The number of rotatable bonds is 2. The number of hydrogen-bond donors (Lipinski definition) is 2. The highest BCUT2D eigenvalue weighted by molar-refractivity contribution is 5.85. The van der Waals surface area contributed by atoms with Crippen LogP contribution in [0.25, 0.3) is 0 Å². The highest BCUT2D eigenvalue weighted by Crippen LogP contribution is 2.13. The lowest BCUT2D eigenvalue weighted by atomic mass is 10.0. The van der Waals surface area contributed by atoms with Crippen molar-refractivity contribution in [3.05, 3.63) is 0 Å². The van der Waals surface area contributed by atoms with Gasteiger partial charge in [-0.25, -0.2) is 0 Å². The summed E-state index contributed by atoms with van der Waals surface area (Å²) in [5.74, 6) is -0.449. The lowest BCUT2D eigenvalue weighted by molar-refractivity contribution is -0.119. The Morgan fingerprint density at radius 1 is 1.85 bits per heavy atom. The summed E-state index contributed by atoms with van der Waals surface area (Å²) in [6.07, 6.45) is 1.27. The lowest BCUT2D eigenvalue weighted by Crippen LogP contribution is -2.46. The zero-order valence-electron chi connectivity index (χ0n) is 7.29. The molecule has 5 nitrogen and oxygen atoms in total. The van der Waals surface area contributed by atoms with Gasteiger partial charge in [0.25, 0.3) is 0 Å². The van der Waals surface area contributed by atoms with Gasteiger partial charge in [-0.05, 0) is 12.8 Å². The quantitative estimate of drug-likeness (QED) is 0.598. The van der Waals surface area contributed by atoms with Gasteiger partial charge in [-0.3, -0.25) is 9.69 Å². The van der Waals surface area contributed by atoms with E-state index in [2.05, 4.69) is 6.07 Å². The molecule has 0 spiro atoms. The van der Waals surface area contributed by atoms with Crippen LogP contribution in [0.1, 0.15) is 12.8 Å². The average molecular weight is 180 g/mol. The molecule has 1 rings (SSSR count). The second kappa shape index (κ2) is 4.01. The van der Waals surface area contributed by atoms with Crippen molar-refractivity contribution in [3.8, 4) is 6.07 Å². The lowest BCUT2D eigenvalue weighted by Gasteiger charge is -2.30. The van der Waals surface area contributed by atoms with E-state index in [4.69, 9.17) is 16.4 Å². The molecule has 0 aromatic carbocycles. The number of likely N-dealkylation sites (tertiary alicyclic amines) is 1. The molecular formula is C8H12N4O. The number of carbonyl (C=O) groups excluding carboxylic acids is 1. The summed E-state index contributed by atoms with van der Waals surface area (Å²) >= 11 is 0. The fraction of sp³-hybridized carbons (Fsp3) is 0.625. The predicted molar refractivity (Wildman–Crippen MR) is 47.1 cm³/mol. The minimum Gasteiger partial charge on any atom is -0.369 e. The molecule has 70 valence electrons. The van der Waals surface area contributed by atoms with Crippen molar-refractivity contribution in [3.63, 3.8) is 0 Å². The fourth-order valence-corrected chi connectivity index (χ4v) is 1.44. The van der Waals surface area contributed by atoms with Gasteiger partial charge in [-0.2, -0.15) is 5.26 Å². The molecule has 1 amide bonds. The largest absolute Gasteiger partial charge is 0.369 e. The molecule has 1 aliphatic heterocycles. The summed E-state index contributed by atoms with van der Waals surface area (Å²) in [5.41, 5.74) is 5.59. The van der Waals surface area contributed by atoms with Crippen LogP contribution in [-0.4, -0.2) is 35.7 Å². The molecular weight excluding hydrogens is 168 g/mol. The highest BCUT2D eigenvalue weighted by Gasteiger charge is 2.25. The Hall–Kier alpha value is -1.41. The number of nitriles is 1. The first kappa shape index (κ1) is 9.68. The third-order valence-corrected chi connectivity index (χ3v) is 2.06. The molecule has 5 heteroatoms. The first-order valence-electron chi connectivity index (χ1n) is 4.11. The topological polar surface area (TPSA) is 94.0 Å². The molecule has 1 saturated heterocycles. The Morgan fingerprint density at radius 3 is 3.08 bits per heavy atom. The van der Waals surface area contributed by atoms with Crippen LogP contribution >= 0.6 is 0 Å². The van der Waals surface area contributed by atoms with Crippen LogP contribution in [0.5, 0.6) is 0 Å². The predicted octanol–water partition coefficient (Wildman–Crippen LogP) is -0.521. The van der Waals surface area contributed by atoms with Gasteiger partial charge in [0.05, 0.1) is 18.7 Å². The third kappa shape index (κ3) is 2.53. The third-order valence-electron chi connectivity index (χ3n) is 2.06.